The van der Waals surface area contributed by atoms with Crippen molar-refractivity contribution < 1.29 is 9.59 Å². The van der Waals surface area contributed by atoms with Crippen LogP contribution in [0.1, 0.15) is 27.9 Å². The number of hydrogen-bond acceptors (Lipinski definition) is 2. The molecule has 0 unspecified atom stereocenters. The van der Waals surface area contributed by atoms with Gasteiger partial charge in [-0.3, -0.25) is 4.79 Å². The lowest BCUT2D eigenvalue weighted by atomic mass is 10.1. The van der Waals surface area contributed by atoms with Crippen molar-refractivity contribution in [3.05, 3.63) is 65.2 Å². The van der Waals surface area contributed by atoms with E-state index >= 15 is 0 Å². The quantitative estimate of drug-likeness (QED) is 0.827. The minimum atomic E-state index is -0.303. The first kappa shape index (κ1) is 15.8. The molecule has 114 valence electrons. The molecule has 0 heterocycles. The second-order valence-corrected chi connectivity index (χ2v) is 5.29. The summed E-state index contributed by atoms with van der Waals surface area (Å²) < 4.78 is 0. The summed E-state index contributed by atoms with van der Waals surface area (Å²) in [7, 11) is 0. The fourth-order valence-electron chi connectivity index (χ4n) is 2.07. The number of nitrogens with one attached hydrogen (secondary N) is 2. The summed E-state index contributed by atoms with van der Waals surface area (Å²) in [5, 5.41) is 5.43. The monoisotopic (exact) mass is 296 g/mol. The summed E-state index contributed by atoms with van der Waals surface area (Å²) in [5.74, 6) is 0.0239. The SMILES string of the molecule is Cc1ccc(C(=O)CCNC(=O)Nc2cccc(C)c2)cc1. The van der Waals surface area contributed by atoms with Crippen LogP contribution in [0.4, 0.5) is 10.5 Å². The molecule has 0 bridgehead atoms. The van der Waals surface area contributed by atoms with E-state index in [1.165, 1.54) is 0 Å². The van der Waals surface area contributed by atoms with E-state index in [1.54, 1.807) is 0 Å². The van der Waals surface area contributed by atoms with E-state index in [9.17, 15) is 9.59 Å². The summed E-state index contributed by atoms with van der Waals surface area (Å²) in [6.07, 6.45) is 0.282. The van der Waals surface area contributed by atoms with E-state index in [0.29, 0.717) is 12.1 Å². The Kier molecular flexibility index (Phi) is 5.31. The Balaban J connectivity index is 1.77. The van der Waals surface area contributed by atoms with Crippen molar-refractivity contribution in [1.82, 2.24) is 5.32 Å². The molecule has 0 radical (unpaired) electrons. The largest absolute Gasteiger partial charge is 0.337 e. The molecule has 4 nitrogen and oxygen atoms in total. The number of anilines is 1. The highest BCUT2D eigenvalue weighted by atomic mass is 16.2. The number of aryl methyl sites for hydroxylation is 2. The number of rotatable bonds is 5. The second-order valence-electron chi connectivity index (χ2n) is 5.29. The maximum absolute atomic E-state index is 12.0. The highest BCUT2D eigenvalue weighted by Crippen LogP contribution is 2.09. The third-order valence-corrected chi connectivity index (χ3v) is 3.29. The van der Waals surface area contributed by atoms with E-state index in [4.69, 9.17) is 0 Å². The summed E-state index contributed by atoms with van der Waals surface area (Å²) in [6, 6.07) is 14.7. The van der Waals surface area contributed by atoms with E-state index in [2.05, 4.69) is 10.6 Å². The lowest BCUT2D eigenvalue weighted by Gasteiger charge is -2.08. The van der Waals surface area contributed by atoms with Gasteiger partial charge in [-0.25, -0.2) is 4.79 Å². The number of carbonyl (C=O) groups is 2. The minimum Gasteiger partial charge on any atom is -0.337 e. The van der Waals surface area contributed by atoms with Crippen molar-refractivity contribution >= 4 is 17.5 Å². The van der Waals surface area contributed by atoms with E-state index in [0.717, 1.165) is 16.8 Å². The molecule has 0 atom stereocenters. The van der Waals surface area contributed by atoms with Crippen molar-refractivity contribution in [3.63, 3.8) is 0 Å². The van der Waals surface area contributed by atoms with Gasteiger partial charge < -0.3 is 10.6 Å². The number of benzene rings is 2. The maximum atomic E-state index is 12.0. The van der Waals surface area contributed by atoms with Crippen LogP contribution in [0.15, 0.2) is 48.5 Å². The van der Waals surface area contributed by atoms with E-state index in [-0.39, 0.29) is 18.2 Å². The molecule has 2 aromatic carbocycles. The van der Waals surface area contributed by atoms with Crippen molar-refractivity contribution in [2.75, 3.05) is 11.9 Å². The lowest BCUT2D eigenvalue weighted by Crippen LogP contribution is -2.30. The highest BCUT2D eigenvalue weighted by Gasteiger charge is 2.07. The predicted molar refractivity (Wildman–Crippen MR) is 88.3 cm³/mol. The molecule has 4 heteroatoms. The molecule has 0 fully saturated rings. The molecule has 0 aromatic heterocycles. The fraction of sp³-hybridized carbons (Fsp3) is 0.222. The van der Waals surface area contributed by atoms with Crippen LogP contribution in [0, 0.1) is 13.8 Å². The third kappa shape index (κ3) is 4.74. The number of Topliss-reactive ketones (excluding diaryl/α,β-unsaturated/α-hetero) is 1. The van der Waals surface area contributed by atoms with Gasteiger partial charge >= 0.3 is 6.03 Å². The molecule has 2 amide bonds. The van der Waals surface area contributed by atoms with Gasteiger partial charge in [0.15, 0.2) is 5.78 Å². The van der Waals surface area contributed by atoms with Gasteiger partial charge in [0, 0.05) is 24.2 Å². The zero-order valence-corrected chi connectivity index (χ0v) is 12.8. The number of hydrogen-bond donors (Lipinski definition) is 2. The average Bonchev–Trinajstić information content (AvgIpc) is 2.47. The van der Waals surface area contributed by atoms with E-state index in [1.807, 2.05) is 62.4 Å². The van der Waals surface area contributed by atoms with Crippen LogP contribution in [0.2, 0.25) is 0 Å². The molecule has 0 saturated heterocycles. The standard InChI is InChI=1S/C18H20N2O2/c1-13-6-8-15(9-7-13)17(21)10-11-19-18(22)20-16-5-3-4-14(2)12-16/h3-9,12H,10-11H2,1-2H3,(H2,19,20,22). The van der Waals surface area contributed by atoms with Crippen LogP contribution in [0.3, 0.4) is 0 Å². The number of urea groups is 1. The van der Waals surface area contributed by atoms with Gasteiger partial charge in [-0.1, -0.05) is 42.0 Å². The van der Waals surface area contributed by atoms with Gasteiger partial charge in [0.05, 0.1) is 0 Å². The fourth-order valence-corrected chi connectivity index (χ4v) is 2.07. The number of carbonyl (C=O) groups excluding carboxylic acids is 2. The molecular weight excluding hydrogens is 276 g/mol. The Labute approximate surface area is 130 Å². The molecule has 0 aliphatic carbocycles. The summed E-state index contributed by atoms with van der Waals surface area (Å²) in [5.41, 5.74) is 3.61. The molecule has 2 rings (SSSR count). The smallest absolute Gasteiger partial charge is 0.319 e. The second kappa shape index (κ2) is 7.41. The molecule has 0 spiro atoms. The Bertz CT molecular complexity index is 663. The molecule has 0 saturated carbocycles. The van der Waals surface area contributed by atoms with Crippen LogP contribution < -0.4 is 10.6 Å². The van der Waals surface area contributed by atoms with E-state index < -0.39 is 0 Å². The van der Waals surface area contributed by atoms with Gasteiger partial charge in [-0.05, 0) is 31.5 Å². The Hall–Kier alpha value is -2.62. The van der Waals surface area contributed by atoms with Gasteiger partial charge in [0.2, 0.25) is 0 Å². The topological polar surface area (TPSA) is 58.2 Å². The summed E-state index contributed by atoms with van der Waals surface area (Å²) in [6.45, 7) is 4.25. The number of amides is 2. The first-order valence-corrected chi connectivity index (χ1v) is 7.26. The minimum absolute atomic E-state index is 0.0239. The van der Waals surface area contributed by atoms with Crippen molar-refractivity contribution in [1.29, 1.82) is 0 Å². The van der Waals surface area contributed by atoms with Crippen LogP contribution in [-0.4, -0.2) is 18.4 Å². The first-order chi connectivity index (χ1) is 10.5. The van der Waals surface area contributed by atoms with Gasteiger partial charge in [-0.15, -0.1) is 0 Å². The molecule has 22 heavy (non-hydrogen) atoms. The predicted octanol–water partition coefficient (Wildman–Crippen LogP) is 3.70. The third-order valence-electron chi connectivity index (χ3n) is 3.29. The summed E-state index contributed by atoms with van der Waals surface area (Å²) in [4.78, 5) is 23.7. The van der Waals surface area contributed by atoms with Crippen molar-refractivity contribution in [3.8, 4) is 0 Å². The molecule has 0 aliphatic heterocycles. The van der Waals surface area contributed by atoms with Gasteiger partial charge in [-0.2, -0.15) is 0 Å². The van der Waals surface area contributed by atoms with Crippen molar-refractivity contribution in [2.24, 2.45) is 0 Å². The van der Waals surface area contributed by atoms with Gasteiger partial charge in [0.1, 0.15) is 0 Å². The van der Waals surface area contributed by atoms with Crippen LogP contribution >= 0.6 is 0 Å². The highest BCUT2D eigenvalue weighted by molar-refractivity contribution is 5.96. The normalized spacial score (nSPS) is 10.1. The molecular formula is C18H20N2O2. The van der Waals surface area contributed by atoms with Gasteiger partial charge in [0.25, 0.3) is 0 Å². The Morgan fingerprint density at radius 1 is 0.955 bits per heavy atom. The van der Waals surface area contributed by atoms with Crippen molar-refractivity contribution in [2.45, 2.75) is 20.3 Å². The van der Waals surface area contributed by atoms with Crippen LogP contribution in [-0.2, 0) is 0 Å². The molecule has 0 aliphatic rings. The lowest BCUT2D eigenvalue weighted by molar-refractivity contribution is 0.0984. The summed E-state index contributed by atoms with van der Waals surface area (Å²) >= 11 is 0. The first-order valence-electron chi connectivity index (χ1n) is 7.26. The molecule has 2 aromatic rings. The maximum Gasteiger partial charge on any atom is 0.319 e. The zero-order valence-electron chi connectivity index (χ0n) is 12.8. The van der Waals surface area contributed by atoms with Crippen LogP contribution in [0.5, 0.6) is 0 Å². The zero-order chi connectivity index (χ0) is 15.9. The molecule has 2 N–H and O–H groups in total. The number of ketones is 1. The van der Waals surface area contributed by atoms with Crippen LogP contribution in [0.25, 0.3) is 0 Å². The average molecular weight is 296 g/mol. The Morgan fingerprint density at radius 2 is 1.68 bits per heavy atom. The Morgan fingerprint density at radius 3 is 2.36 bits per heavy atom.